The molecular weight excluding hydrogens is 216 g/mol. The summed E-state index contributed by atoms with van der Waals surface area (Å²) in [5, 5.41) is 9.02. The number of carbonyl (C=O) groups excluding carboxylic acids is 1. The minimum Gasteiger partial charge on any atom is -0.395 e. The van der Waals surface area contributed by atoms with Gasteiger partial charge in [-0.1, -0.05) is 12.1 Å². The smallest absolute Gasteiger partial charge is 0.248 e. The summed E-state index contributed by atoms with van der Waals surface area (Å²) in [6, 6.07) is 7.98. The number of nitrogens with zero attached hydrogens (tertiary/aromatic N) is 1. The standard InChI is InChI=1S/C13H18N2O2/c14-13(17)11-3-1-2-10(8-11)9-15(6-7-16)12-4-5-12/h1-3,8,12,16H,4-7,9H2,(H2,14,17). The zero-order valence-electron chi connectivity index (χ0n) is 9.80. The molecule has 92 valence electrons. The lowest BCUT2D eigenvalue weighted by Crippen LogP contribution is -2.28. The Labute approximate surface area is 101 Å². The van der Waals surface area contributed by atoms with E-state index in [-0.39, 0.29) is 6.61 Å². The molecule has 1 aromatic carbocycles. The van der Waals surface area contributed by atoms with Gasteiger partial charge in [0.2, 0.25) is 5.91 Å². The molecule has 0 radical (unpaired) electrons. The summed E-state index contributed by atoms with van der Waals surface area (Å²) in [7, 11) is 0. The van der Waals surface area contributed by atoms with Crippen LogP contribution in [-0.2, 0) is 6.54 Å². The van der Waals surface area contributed by atoms with Crippen molar-refractivity contribution in [1.82, 2.24) is 4.90 Å². The fourth-order valence-corrected chi connectivity index (χ4v) is 2.02. The highest BCUT2D eigenvalue weighted by Gasteiger charge is 2.28. The van der Waals surface area contributed by atoms with Crippen molar-refractivity contribution in [2.24, 2.45) is 5.73 Å². The maximum Gasteiger partial charge on any atom is 0.248 e. The second kappa shape index (κ2) is 5.29. The van der Waals surface area contributed by atoms with E-state index in [4.69, 9.17) is 10.8 Å². The van der Waals surface area contributed by atoms with E-state index in [9.17, 15) is 4.79 Å². The van der Waals surface area contributed by atoms with Crippen LogP contribution in [0.3, 0.4) is 0 Å². The van der Waals surface area contributed by atoms with Crippen LogP contribution in [0.4, 0.5) is 0 Å². The topological polar surface area (TPSA) is 66.6 Å². The Hall–Kier alpha value is -1.39. The van der Waals surface area contributed by atoms with Gasteiger partial charge in [-0.25, -0.2) is 0 Å². The van der Waals surface area contributed by atoms with Gasteiger partial charge in [0.05, 0.1) is 6.61 Å². The van der Waals surface area contributed by atoms with Gasteiger partial charge >= 0.3 is 0 Å². The number of benzene rings is 1. The molecule has 1 saturated carbocycles. The number of hydrogen-bond donors (Lipinski definition) is 2. The van der Waals surface area contributed by atoms with Gasteiger partial charge in [0, 0.05) is 24.7 Å². The average Bonchev–Trinajstić information content (AvgIpc) is 3.13. The zero-order chi connectivity index (χ0) is 12.3. The summed E-state index contributed by atoms with van der Waals surface area (Å²) >= 11 is 0. The van der Waals surface area contributed by atoms with Crippen LogP contribution in [0.1, 0.15) is 28.8 Å². The van der Waals surface area contributed by atoms with Crippen molar-refractivity contribution in [2.75, 3.05) is 13.2 Å². The summed E-state index contributed by atoms with van der Waals surface area (Å²) in [5.41, 5.74) is 6.87. The van der Waals surface area contributed by atoms with Crippen LogP contribution < -0.4 is 5.73 Å². The Bertz CT molecular complexity index is 402. The maximum atomic E-state index is 11.1. The lowest BCUT2D eigenvalue weighted by Gasteiger charge is -2.20. The number of rotatable bonds is 6. The number of primary amides is 1. The Morgan fingerprint density at radius 2 is 2.24 bits per heavy atom. The summed E-state index contributed by atoms with van der Waals surface area (Å²) in [4.78, 5) is 13.3. The molecule has 0 bridgehead atoms. The largest absolute Gasteiger partial charge is 0.395 e. The Morgan fingerprint density at radius 1 is 1.47 bits per heavy atom. The molecule has 0 saturated heterocycles. The average molecular weight is 234 g/mol. The third-order valence-corrected chi connectivity index (χ3v) is 3.05. The van der Waals surface area contributed by atoms with Crippen molar-refractivity contribution in [3.05, 3.63) is 35.4 Å². The first-order valence-corrected chi connectivity index (χ1v) is 5.94. The zero-order valence-corrected chi connectivity index (χ0v) is 9.80. The fraction of sp³-hybridized carbons (Fsp3) is 0.462. The summed E-state index contributed by atoms with van der Waals surface area (Å²) in [6.45, 7) is 1.63. The van der Waals surface area contributed by atoms with Crippen LogP contribution >= 0.6 is 0 Å². The molecule has 1 amide bonds. The predicted octanol–water partition coefficient (Wildman–Crippen LogP) is 0.742. The van der Waals surface area contributed by atoms with Gasteiger partial charge in [-0.05, 0) is 30.5 Å². The van der Waals surface area contributed by atoms with Gasteiger partial charge in [-0.3, -0.25) is 9.69 Å². The Balaban J connectivity index is 2.05. The molecule has 2 rings (SSSR count). The van der Waals surface area contributed by atoms with Crippen LogP contribution in [-0.4, -0.2) is 35.1 Å². The highest BCUT2D eigenvalue weighted by molar-refractivity contribution is 5.92. The SMILES string of the molecule is NC(=O)c1cccc(CN(CCO)C2CC2)c1. The molecule has 17 heavy (non-hydrogen) atoms. The van der Waals surface area contributed by atoms with Crippen LogP contribution in [0.15, 0.2) is 24.3 Å². The van der Waals surface area contributed by atoms with Crippen molar-refractivity contribution >= 4 is 5.91 Å². The van der Waals surface area contributed by atoms with E-state index in [1.807, 2.05) is 18.2 Å². The molecule has 4 nitrogen and oxygen atoms in total. The second-order valence-corrected chi connectivity index (χ2v) is 4.49. The van der Waals surface area contributed by atoms with Crippen LogP contribution in [0.2, 0.25) is 0 Å². The van der Waals surface area contributed by atoms with E-state index in [1.54, 1.807) is 6.07 Å². The van der Waals surface area contributed by atoms with Gasteiger partial charge in [0.25, 0.3) is 0 Å². The van der Waals surface area contributed by atoms with Gasteiger partial charge in [-0.2, -0.15) is 0 Å². The molecule has 0 heterocycles. The first-order valence-electron chi connectivity index (χ1n) is 5.94. The molecule has 0 aliphatic heterocycles. The number of aliphatic hydroxyl groups excluding tert-OH is 1. The number of nitrogens with two attached hydrogens (primary N) is 1. The number of hydrogen-bond acceptors (Lipinski definition) is 3. The number of carbonyl (C=O) groups is 1. The van der Waals surface area contributed by atoms with Crippen LogP contribution in [0.5, 0.6) is 0 Å². The van der Waals surface area contributed by atoms with Gasteiger partial charge in [0.15, 0.2) is 0 Å². The molecule has 1 aliphatic carbocycles. The molecule has 0 atom stereocenters. The molecule has 1 aromatic rings. The molecular formula is C13H18N2O2. The highest BCUT2D eigenvalue weighted by atomic mass is 16.3. The van der Waals surface area contributed by atoms with E-state index in [0.29, 0.717) is 18.2 Å². The Morgan fingerprint density at radius 3 is 2.82 bits per heavy atom. The first kappa shape index (κ1) is 12.1. The van der Waals surface area contributed by atoms with Gasteiger partial charge in [-0.15, -0.1) is 0 Å². The van der Waals surface area contributed by atoms with Crippen molar-refractivity contribution in [3.8, 4) is 0 Å². The van der Waals surface area contributed by atoms with E-state index in [1.165, 1.54) is 12.8 Å². The lowest BCUT2D eigenvalue weighted by atomic mass is 10.1. The predicted molar refractivity (Wildman–Crippen MR) is 65.5 cm³/mol. The summed E-state index contributed by atoms with van der Waals surface area (Å²) < 4.78 is 0. The fourth-order valence-electron chi connectivity index (χ4n) is 2.02. The van der Waals surface area contributed by atoms with Crippen molar-refractivity contribution in [1.29, 1.82) is 0 Å². The second-order valence-electron chi connectivity index (χ2n) is 4.49. The minimum absolute atomic E-state index is 0.173. The molecule has 0 spiro atoms. The van der Waals surface area contributed by atoms with Crippen LogP contribution in [0, 0.1) is 0 Å². The van der Waals surface area contributed by atoms with Gasteiger partial charge in [0.1, 0.15) is 0 Å². The number of amides is 1. The Kier molecular flexibility index (Phi) is 3.76. The quantitative estimate of drug-likeness (QED) is 0.763. The highest BCUT2D eigenvalue weighted by Crippen LogP contribution is 2.27. The first-order chi connectivity index (χ1) is 8.20. The van der Waals surface area contributed by atoms with E-state index in [0.717, 1.165) is 12.1 Å². The van der Waals surface area contributed by atoms with Crippen molar-refractivity contribution < 1.29 is 9.90 Å². The third-order valence-electron chi connectivity index (χ3n) is 3.05. The molecule has 3 N–H and O–H groups in total. The monoisotopic (exact) mass is 234 g/mol. The van der Waals surface area contributed by atoms with Crippen LogP contribution in [0.25, 0.3) is 0 Å². The normalized spacial score (nSPS) is 15.2. The molecule has 4 heteroatoms. The molecule has 1 aliphatic rings. The third kappa shape index (κ3) is 3.28. The summed E-state index contributed by atoms with van der Waals surface area (Å²) in [6.07, 6.45) is 2.41. The van der Waals surface area contributed by atoms with E-state index >= 15 is 0 Å². The molecule has 1 fully saturated rings. The summed E-state index contributed by atoms with van der Waals surface area (Å²) in [5.74, 6) is -0.396. The molecule has 0 unspecified atom stereocenters. The van der Waals surface area contributed by atoms with Crippen molar-refractivity contribution in [2.45, 2.75) is 25.4 Å². The molecule has 0 aromatic heterocycles. The van der Waals surface area contributed by atoms with E-state index < -0.39 is 5.91 Å². The maximum absolute atomic E-state index is 11.1. The van der Waals surface area contributed by atoms with Crippen molar-refractivity contribution in [3.63, 3.8) is 0 Å². The minimum atomic E-state index is -0.396. The van der Waals surface area contributed by atoms with E-state index in [2.05, 4.69) is 4.90 Å². The lowest BCUT2D eigenvalue weighted by molar-refractivity contribution is 0.1000. The number of aliphatic hydroxyl groups is 1. The van der Waals surface area contributed by atoms with Gasteiger partial charge < -0.3 is 10.8 Å².